The van der Waals surface area contributed by atoms with E-state index in [2.05, 4.69) is 33.0 Å². The molecule has 1 heterocycles. The minimum absolute atomic E-state index is 0.0694. The van der Waals surface area contributed by atoms with Crippen molar-refractivity contribution in [1.82, 2.24) is 5.32 Å². The zero-order valence-electron chi connectivity index (χ0n) is 11.0. The Bertz CT molecular complexity index is 211. The van der Waals surface area contributed by atoms with Crippen LogP contribution < -0.4 is 11.1 Å². The lowest BCUT2D eigenvalue weighted by molar-refractivity contribution is -0.136. The first kappa shape index (κ1) is 15.4. The summed E-state index contributed by atoms with van der Waals surface area (Å²) >= 11 is 0. The Morgan fingerprint density at radius 1 is 1.25 bits per heavy atom. The Kier molecular flexibility index (Phi) is 5.97. The molecule has 0 aromatic heterocycles. The molecule has 4 heteroatoms. The normalized spacial score (nSPS) is 21.8. The summed E-state index contributed by atoms with van der Waals surface area (Å²) in [6, 6.07) is 0. The number of hydrogen-bond donors (Lipinski definition) is 3. The van der Waals surface area contributed by atoms with Crippen LogP contribution in [-0.2, 0) is 4.79 Å². The fourth-order valence-corrected chi connectivity index (χ4v) is 2.14. The molecule has 0 saturated carbocycles. The highest BCUT2D eigenvalue weighted by molar-refractivity contribution is 5.66. The molecule has 0 bridgehead atoms. The lowest BCUT2D eigenvalue weighted by Crippen LogP contribution is -2.55. The van der Waals surface area contributed by atoms with Crippen molar-refractivity contribution < 1.29 is 9.90 Å². The highest BCUT2D eigenvalue weighted by Crippen LogP contribution is 2.27. The van der Waals surface area contributed by atoms with E-state index in [1.807, 2.05) is 0 Å². The molecule has 0 aliphatic carbocycles. The van der Waals surface area contributed by atoms with Crippen molar-refractivity contribution in [2.75, 3.05) is 6.54 Å². The number of nitrogens with one attached hydrogen (secondary N) is 1. The van der Waals surface area contributed by atoms with E-state index in [1.54, 1.807) is 0 Å². The second-order valence-electron chi connectivity index (χ2n) is 5.68. The predicted molar refractivity (Wildman–Crippen MR) is 66.5 cm³/mol. The topological polar surface area (TPSA) is 75.3 Å². The third kappa shape index (κ3) is 7.65. The molecule has 96 valence electrons. The van der Waals surface area contributed by atoms with E-state index in [0.717, 1.165) is 0 Å². The van der Waals surface area contributed by atoms with E-state index in [1.165, 1.54) is 19.3 Å². The zero-order chi connectivity index (χ0) is 12.8. The molecule has 0 aromatic carbocycles. The first-order chi connectivity index (χ1) is 7.18. The number of piperidine rings is 1. The van der Waals surface area contributed by atoms with Gasteiger partial charge in [-0.25, -0.2) is 0 Å². The highest BCUT2D eigenvalue weighted by atomic mass is 16.4. The number of hydrogen-bond acceptors (Lipinski definition) is 3. The van der Waals surface area contributed by atoms with Crippen LogP contribution in [0.25, 0.3) is 0 Å². The summed E-state index contributed by atoms with van der Waals surface area (Å²) in [6.07, 6.45) is 4.07. The number of carboxylic acids is 1. The maximum absolute atomic E-state index is 9.52. The second-order valence-corrected chi connectivity index (χ2v) is 5.68. The summed E-state index contributed by atoms with van der Waals surface area (Å²) in [4.78, 5) is 9.52. The Morgan fingerprint density at radius 2 is 1.69 bits per heavy atom. The van der Waals surface area contributed by atoms with Gasteiger partial charge in [0.1, 0.15) is 0 Å². The molecule has 1 saturated heterocycles. The quantitative estimate of drug-likeness (QED) is 0.675. The van der Waals surface area contributed by atoms with Crippen LogP contribution in [-0.4, -0.2) is 28.7 Å². The van der Waals surface area contributed by atoms with Crippen LogP contribution in [0.3, 0.4) is 0 Å². The average molecular weight is 230 g/mol. The van der Waals surface area contributed by atoms with Crippen molar-refractivity contribution in [1.29, 1.82) is 0 Å². The fraction of sp³-hybridized carbons (Fsp3) is 0.917. The lowest BCUT2D eigenvalue weighted by atomic mass is 9.83. The van der Waals surface area contributed by atoms with Crippen molar-refractivity contribution in [3.05, 3.63) is 0 Å². The third-order valence-corrected chi connectivity index (χ3v) is 2.64. The molecule has 4 N–H and O–H groups in total. The molecular weight excluding hydrogens is 204 g/mol. The second kappa shape index (κ2) is 6.21. The smallest absolute Gasteiger partial charge is 0.304 e. The summed E-state index contributed by atoms with van der Waals surface area (Å²) in [5.41, 5.74) is 5.57. The number of carboxylic acid groups (broad SMARTS) is 1. The monoisotopic (exact) mass is 230 g/mol. The molecule has 0 aromatic rings. The molecule has 0 spiro atoms. The highest BCUT2D eigenvalue weighted by Gasteiger charge is 2.31. The van der Waals surface area contributed by atoms with Gasteiger partial charge in [0.15, 0.2) is 0 Å². The molecule has 1 aliphatic rings. The van der Waals surface area contributed by atoms with Crippen LogP contribution in [0.5, 0.6) is 0 Å². The standard InChI is InChI=1S/C9H19N.C3H7NO2/c1-8(2)6-5-7-9(3,4)10-8;4-2-1-3(5)6/h10H,5-7H2,1-4H3;1-2,4H2,(H,5,6). The first-order valence-corrected chi connectivity index (χ1v) is 5.90. The van der Waals surface area contributed by atoms with E-state index in [-0.39, 0.29) is 13.0 Å². The van der Waals surface area contributed by atoms with Gasteiger partial charge >= 0.3 is 5.97 Å². The van der Waals surface area contributed by atoms with Gasteiger partial charge < -0.3 is 16.2 Å². The van der Waals surface area contributed by atoms with Crippen LogP contribution in [0.4, 0.5) is 0 Å². The summed E-state index contributed by atoms with van der Waals surface area (Å²) < 4.78 is 0. The molecular formula is C12H26N2O2. The summed E-state index contributed by atoms with van der Waals surface area (Å²) in [6.45, 7) is 9.37. The Hall–Kier alpha value is -0.610. The number of carbonyl (C=O) groups is 1. The number of rotatable bonds is 2. The molecule has 1 fully saturated rings. The van der Waals surface area contributed by atoms with Gasteiger partial charge in [0.25, 0.3) is 0 Å². The molecule has 4 nitrogen and oxygen atoms in total. The van der Waals surface area contributed by atoms with Crippen LogP contribution in [0.2, 0.25) is 0 Å². The van der Waals surface area contributed by atoms with Gasteiger partial charge in [-0.15, -0.1) is 0 Å². The van der Waals surface area contributed by atoms with E-state index < -0.39 is 5.97 Å². The van der Waals surface area contributed by atoms with Gasteiger partial charge in [0.05, 0.1) is 6.42 Å². The minimum atomic E-state index is -0.836. The summed E-state index contributed by atoms with van der Waals surface area (Å²) in [5.74, 6) is -0.836. The predicted octanol–water partition coefficient (Wildman–Crippen LogP) is 1.74. The number of nitrogens with two attached hydrogens (primary N) is 1. The summed E-state index contributed by atoms with van der Waals surface area (Å²) in [7, 11) is 0. The van der Waals surface area contributed by atoms with Gasteiger partial charge in [-0.3, -0.25) is 4.79 Å². The van der Waals surface area contributed by atoms with Crippen molar-refractivity contribution in [3.8, 4) is 0 Å². The van der Waals surface area contributed by atoms with Crippen LogP contribution in [0.1, 0.15) is 53.4 Å². The van der Waals surface area contributed by atoms with E-state index >= 15 is 0 Å². The van der Waals surface area contributed by atoms with Gasteiger partial charge in [-0.05, 0) is 47.0 Å². The van der Waals surface area contributed by atoms with E-state index in [4.69, 9.17) is 10.8 Å². The molecule has 1 aliphatic heterocycles. The van der Waals surface area contributed by atoms with Gasteiger partial charge in [0.2, 0.25) is 0 Å². The molecule has 0 unspecified atom stereocenters. The SMILES string of the molecule is CC1(C)CCCC(C)(C)N1.NCCC(=O)O. The van der Waals surface area contributed by atoms with E-state index in [0.29, 0.717) is 11.1 Å². The van der Waals surface area contributed by atoms with Crippen molar-refractivity contribution in [2.45, 2.75) is 64.5 Å². The van der Waals surface area contributed by atoms with Crippen molar-refractivity contribution in [2.24, 2.45) is 5.73 Å². The molecule has 0 amide bonds. The maximum Gasteiger partial charge on any atom is 0.304 e. The maximum atomic E-state index is 9.52. The fourth-order valence-electron chi connectivity index (χ4n) is 2.14. The number of aliphatic carboxylic acids is 1. The van der Waals surface area contributed by atoms with Crippen LogP contribution in [0.15, 0.2) is 0 Å². The van der Waals surface area contributed by atoms with Crippen LogP contribution in [0, 0.1) is 0 Å². The molecule has 0 radical (unpaired) electrons. The van der Waals surface area contributed by atoms with Gasteiger partial charge in [0, 0.05) is 17.6 Å². The van der Waals surface area contributed by atoms with Gasteiger partial charge in [-0.1, -0.05) is 0 Å². The van der Waals surface area contributed by atoms with E-state index in [9.17, 15) is 4.79 Å². The van der Waals surface area contributed by atoms with Crippen LogP contribution >= 0.6 is 0 Å². The Balaban J connectivity index is 0.000000325. The zero-order valence-corrected chi connectivity index (χ0v) is 11.0. The van der Waals surface area contributed by atoms with Crippen molar-refractivity contribution in [3.63, 3.8) is 0 Å². The first-order valence-electron chi connectivity index (χ1n) is 5.90. The van der Waals surface area contributed by atoms with Crippen molar-refractivity contribution >= 4 is 5.97 Å². The largest absolute Gasteiger partial charge is 0.481 e. The van der Waals surface area contributed by atoms with Gasteiger partial charge in [-0.2, -0.15) is 0 Å². The molecule has 1 rings (SSSR count). The Labute approximate surface area is 98.6 Å². The average Bonchev–Trinajstić information content (AvgIpc) is 1.99. The Morgan fingerprint density at radius 3 is 1.81 bits per heavy atom. The lowest BCUT2D eigenvalue weighted by Gasteiger charge is -2.42. The molecule has 16 heavy (non-hydrogen) atoms. The third-order valence-electron chi connectivity index (χ3n) is 2.64. The molecule has 0 atom stereocenters. The summed E-state index contributed by atoms with van der Waals surface area (Å²) in [5, 5.41) is 11.5. The minimum Gasteiger partial charge on any atom is -0.481 e.